The van der Waals surface area contributed by atoms with Gasteiger partial charge in [-0.1, -0.05) is 75.8 Å². The standard InChI is InChI=1S/C27H48O3Si/c1-27(2,3)31(5,6)30-25-23-21-19-17-15-13-11-9-7-8-10-12-14-16-18-20-22-24-26(28)29-4/h7,9-10,12-13,15-16,18H,8,11,14,17,19-25H2,1-6H3. The van der Waals surface area contributed by atoms with Crippen LogP contribution in [0.4, 0.5) is 0 Å². The predicted octanol–water partition coefficient (Wildman–Crippen LogP) is 8.31. The Balaban J connectivity index is 3.55. The normalized spacial score (nSPS) is 13.4. The quantitative estimate of drug-likeness (QED) is 0.0971. The number of allylic oxidation sites excluding steroid dienone is 8. The molecule has 0 fully saturated rings. The molecule has 0 aromatic rings. The summed E-state index contributed by atoms with van der Waals surface area (Å²) in [4.78, 5) is 11.0. The van der Waals surface area contributed by atoms with E-state index >= 15 is 0 Å². The number of hydrogen-bond donors (Lipinski definition) is 0. The Bertz CT molecular complexity index is 566. The third kappa shape index (κ3) is 17.9. The fourth-order valence-corrected chi connectivity index (χ4v) is 3.69. The second-order valence-electron chi connectivity index (χ2n) is 9.52. The van der Waals surface area contributed by atoms with Crippen molar-refractivity contribution < 1.29 is 14.0 Å². The Hall–Kier alpha value is -1.39. The number of methoxy groups -OCH3 is 1. The van der Waals surface area contributed by atoms with E-state index < -0.39 is 8.32 Å². The SMILES string of the molecule is COC(=O)CCCC=CCC=CCC=CCC=CCCCCCO[Si](C)(C)C(C)(C)C. The van der Waals surface area contributed by atoms with Crippen molar-refractivity contribution in [3.63, 3.8) is 0 Å². The summed E-state index contributed by atoms with van der Waals surface area (Å²) >= 11 is 0. The van der Waals surface area contributed by atoms with E-state index in [1.54, 1.807) is 0 Å². The predicted molar refractivity (Wildman–Crippen MR) is 138 cm³/mol. The van der Waals surface area contributed by atoms with Crippen LogP contribution in [0.2, 0.25) is 18.1 Å². The number of ether oxygens (including phenoxy) is 1. The minimum absolute atomic E-state index is 0.127. The molecule has 0 aliphatic rings. The van der Waals surface area contributed by atoms with E-state index in [0.717, 1.165) is 38.7 Å². The molecule has 3 nitrogen and oxygen atoms in total. The first-order chi connectivity index (χ1) is 14.7. The van der Waals surface area contributed by atoms with Gasteiger partial charge in [0.15, 0.2) is 8.32 Å². The molecule has 0 heterocycles. The van der Waals surface area contributed by atoms with Crippen molar-refractivity contribution in [2.45, 2.75) is 103 Å². The summed E-state index contributed by atoms with van der Waals surface area (Å²) in [6.07, 6.45) is 27.8. The van der Waals surface area contributed by atoms with Crippen LogP contribution < -0.4 is 0 Å². The van der Waals surface area contributed by atoms with Crippen molar-refractivity contribution >= 4 is 14.3 Å². The molecule has 0 spiro atoms. The first kappa shape index (κ1) is 29.6. The molecule has 0 atom stereocenters. The van der Waals surface area contributed by atoms with Crippen LogP contribution in [-0.2, 0) is 14.0 Å². The molecule has 0 rings (SSSR count). The molecule has 0 saturated carbocycles. The Labute approximate surface area is 193 Å². The van der Waals surface area contributed by atoms with Gasteiger partial charge >= 0.3 is 5.97 Å². The van der Waals surface area contributed by atoms with E-state index in [1.807, 2.05) is 0 Å². The average molecular weight is 449 g/mol. The van der Waals surface area contributed by atoms with E-state index in [9.17, 15) is 4.79 Å². The van der Waals surface area contributed by atoms with Gasteiger partial charge < -0.3 is 9.16 Å². The van der Waals surface area contributed by atoms with E-state index in [1.165, 1.54) is 32.8 Å². The lowest BCUT2D eigenvalue weighted by Crippen LogP contribution is -2.40. The van der Waals surface area contributed by atoms with Gasteiger partial charge in [0, 0.05) is 13.0 Å². The lowest BCUT2D eigenvalue weighted by atomic mass is 10.2. The van der Waals surface area contributed by atoms with E-state index in [4.69, 9.17) is 4.43 Å². The zero-order valence-corrected chi connectivity index (χ0v) is 22.1. The minimum Gasteiger partial charge on any atom is -0.469 e. The van der Waals surface area contributed by atoms with E-state index in [0.29, 0.717) is 11.5 Å². The number of unbranched alkanes of at least 4 members (excludes halogenated alkanes) is 4. The summed E-state index contributed by atoms with van der Waals surface area (Å²) in [7, 11) is -0.132. The summed E-state index contributed by atoms with van der Waals surface area (Å²) in [5.74, 6) is -0.127. The van der Waals surface area contributed by atoms with Gasteiger partial charge in [-0.2, -0.15) is 0 Å². The molecule has 0 bridgehead atoms. The van der Waals surface area contributed by atoms with Crippen LogP contribution in [0.3, 0.4) is 0 Å². The van der Waals surface area contributed by atoms with Crippen molar-refractivity contribution in [3.05, 3.63) is 48.6 Å². The van der Waals surface area contributed by atoms with E-state index in [-0.39, 0.29) is 5.97 Å². The highest BCUT2D eigenvalue weighted by molar-refractivity contribution is 6.74. The lowest BCUT2D eigenvalue weighted by Gasteiger charge is -2.36. The van der Waals surface area contributed by atoms with Gasteiger partial charge in [0.2, 0.25) is 0 Å². The van der Waals surface area contributed by atoms with Gasteiger partial charge in [-0.25, -0.2) is 0 Å². The fourth-order valence-electron chi connectivity index (χ4n) is 2.60. The molecule has 0 amide bonds. The molecule has 0 N–H and O–H groups in total. The molecular weight excluding hydrogens is 400 g/mol. The van der Waals surface area contributed by atoms with Crippen molar-refractivity contribution in [3.8, 4) is 0 Å². The molecule has 0 saturated heterocycles. The number of rotatable bonds is 17. The Morgan fingerprint density at radius 1 is 0.742 bits per heavy atom. The molecule has 0 aliphatic heterocycles. The van der Waals surface area contributed by atoms with Crippen molar-refractivity contribution in [2.24, 2.45) is 0 Å². The lowest BCUT2D eigenvalue weighted by molar-refractivity contribution is -0.140. The molecule has 4 heteroatoms. The minimum atomic E-state index is -1.57. The third-order valence-electron chi connectivity index (χ3n) is 5.75. The Kier molecular flexibility index (Phi) is 17.4. The maximum absolute atomic E-state index is 11.0. The zero-order chi connectivity index (χ0) is 23.4. The smallest absolute Gasteiger partial charge is 0.305 e. The van der Waals surface area contributed by atoms with Crippen molar-refractivity contribution in [1.29, 1.82) is 0 Å². The largest absolute Gasteiger partial charge is 0.469 e. The van der Waals surface area contributed by atoms with Crippen molar-refractivity contribution in [2.75, 3.05) is 13.7 Å². The summed E-state index contributed by atoms with van der Waals surface area (Å²) in [6.45, 7) is 12.5. The molecule has 0 radical (unpaired) electrons. The van der Waals surface area contributed by atoms with Crippen LogP contribution in [0.25, 0.3) is 0 Å². The van der Waals surface area contributed by atoms with Crippen LogP contribution in [0.5, 0.6) is 0 Å². The first-order valence-corrected chi connectivity index (χ1v) is 14.9. The summed E-state index contributed by atoms with van der Waals surface area (Å²) < 4.78 is 10.8. The van der Waals surface area contributed by atoms with E-state index in [2.05, 4.69) is 87.2 Å². The number of hydrogen-bond acceptors (Lipinski definition) is 3. The summed E-state index contributed by atoms with van der Waals surface area (Å²) in [5, 5.41) is 0.309. The summed E-state index contributed by atoms with van der Waals surface area (Å²) in [5.41, 5.74) is 0. The van der Waals surface area contributed by atoms with Gasteiger partial charge in [-0.3, -0.25) is 4.79 Å². The molecule has 0 aliphatic carbocycles. The van der Waals surface area contributed by atoms with Gasteiger partial charge in [0.1, 0.15) is 0 Å². The zero-order valence-electron chi connectivity index (χ0n) is 21.1. The highest BCUT2D eigenvalue weighted by atomic mass is 28.4. The highest BCUT2D eigenvalue weighted by Gasteiger charge is 2.36. The summed E-state index contributed by atoms with van der Waals surface area (Å²) in [6, 6.07) is 0. The van der Waals surface area contributed by atoms with Gasteiger partial charge in [-0.15, -0.1) is 0 Å². The maximum atomic E-state index is 11.0. The number of carbonyl (C=O) groups is 1. The Morgan fingerprint density at radius 3 is 1.71 bits per heavy atom. The molecule has 0 aromatic heterocycles. The van der Waals surface area contributed by atoms with Gasteiger partial charge in [-0.05, 0) is 69.5 Å². The van der Waals surface area contributed by atoms with Crippen LogP contribution in [0, 0.1) is 0 Å². The number of carbonyl (C=O) groups excluding carboxylic acids is 1. The average Bonchev–Trinajstić information content (AvgIpc) is 2.71. The molecule has 0 aromatic carbocycles. The Morgan fingerprint density at radius 2 is 1.23 bits per heavy atom. The topological polar surface area (TPSA) is 35.5 Å². The van der Waals surface area contributed by atoms with Gasteiger partial charge in [0.05, 0.1) is 7.11 Å². The highest BCUT2D eigenvalue weighted by Crippen LogP contribution is 2.36. The van der Waals surface area contributed by atoms with Crippen LogP contribution >= 0.6 is 0 Å². The number of esters is 1. The second kappa shape index (κ2) is 18.2. The van der Waals surface area contributed by atoms with Crippen molar-refractivity contribution in [1.82, 2.24) is 0 Å². The third-order valence-corrected chi connectivity index (χ3v) is 10.3. The van der Waals surface area contributed by atoms with Crippen LogP contribution in [0.1, 0.15) is 85.0 Å². The monoisotopic (exact) mass is 448 g/mol. The second-order valence-corrected chi connectivity index (χ2v) is 14.3. The first-order valence-electron chi connectivity index (χ1n) is 12.0. The van der Waals surface area contributed by atoms with Crippen LogP contribution in [-0.4, -0.2) is 28.0 Å². The van der Waals surface area contributed by atoms with Gasteiger partial charge in [0.25, 0.3) is 0 Å². The fraction of sp³-hybridized carbons (Fsp3) is 0.667. The molecule has 178 valence electrons. The molecular formula is C27H48O3Si. The maximum Gasteiger partial charge on any atom is 0.305 e. The molecule has 31 heavy (non-hydrogen) atoms. The molecule has 0 unspecified atom stereocenters. The van der Waals surface area contributed by atoms with Crippen LogP contribution in [0.15, 0.2) is 48.6 Å².